The zero-order valence-electron chi connectivity index (χ0n) is 23.5. The van der Waals surface area contributed by atoms with Crippen molar-refractivity contribution in [2.45, 2.75) is 38.5 Å². The molecule has 0 saturated heterocycles. The van der Waals surface area contributed by atoms with E-state index in [9.17, 15) is 4.79 Å². The van der Waals surface area contributed by atoms with Crippen molar-refractivity contribution in [1.29, 1.82) is 0 Å². The maximum Gasteiger partial charge on any atom is 0.160 e. The number of aromatic nitrogens is 5. The Bertz CT molecular complexity index is 1850. The van der Waals surface area contributed by atoms with Crippen LogP contribution in [0.2, 0.25) is 0 Å². The van der Waals surface area contributed by atoms with Crippen molar-refractivity contribution in [3.63, 3.8) is 0 Å². The van der Waals surface area contributed by atoms with E-state index in [4.69, 9.17) is 9.72 Å². The number of pyridine rings is 1. The van der Waals surface area contributed by atoms with Crippen LogP contribution in [-0.2, 0) is 11.8 Å². The number of hydrogen-bond acceptors (Lipinski definition) is 7. The number of nitrogens with zero attached hydrogens (tertiary/aromatic N) is 5. The second kappa shape index (κ2) is 10.3. The van der Waals surface area contributed by atoms with E-state index in [1.54, 1.807) is 12.4 Å². The Balaban J connectivity index is 1.14. The van der Waals surface area contributed by atoms with Crippen LogP contribution in [0.5, 0.6) is 11.5 Å². The number of nitrogens with one attached hydrogen (secondary N) is 1. The minimum Gasteiger partial charge on any atom is -0.457 e. The number of carbonyl (C=O) groups excluding carboxylic acids is 1. The number of aryl methyl sites for hydroxylation is 2. The highest BCUT2D eigenvalue weighted by atomic mass is 19.1. The molecule has 3 heterocycles. The molecule has 3 aromatic heterocycles. The fourth-order valence-corrected chi connectivity index (χ4v) is 6.95. The van der Waals surface area contributed by atoms with E-state index in [0.717, 1.165) is 48.0 Å². The molecule has 0 radical (unpaired) electrons. The zero-order chi connectivity index (χ0) is 29.0. The Morgan fingerprint density at radius 1 is 1.07 bits per heavy atom. The lowest BCUT2D eigenvalue weighted by Gasteiger charge is -2.33. The lowest BCUT2D eigenvalue weighted by molar-refractivity contribution is -0.121. The Kier molecular flexibility index (Phi) is 6.45. The van der Waals surface area contributed by atoms with Gasteiger partial charge in [-0.2, -0.15) is 0 Å². The van der Waals surface area contributed by atoms with E-state index >= 15 is 4.39 Å². The van der Waals surface area contributed by atoms with Crippen molar-refractivity contribution in [2.24, 2.45) is 24.8 Å². The van der Waals surface area contributed by atoms with Gasteiger partial charge >= 0.3 is 0 Å². The molecule has 7 rings (SSSR count). The Morgan fingerprint density at radius 2 is 1.88 bits per heavy atom. The Labute approximate surface area is 242 Å². The molecule has 2 fully saturated rings. The molecule has 42 heavy (non-hydrogen) atoms. The monoisotopic (exact) mass is 562 g/mol. The number of fused-ring (bicyclic) bond motifs is 4. The van der Waals surface area contributed by atoms with Crippen LogP contribution in [0.25, 0.3) is 22.1 Å². The number of hydrogen-bond donors (Lipinski definition) is 1. The van der Waals surface area contributed by atoms with Crippen molar-refractivity contribution >= 4 is 39.4 Å². The summed E-state index contributed by atoms with van der Waals surface area (Å²) in [4.78, 5) is 30.6. The van der Waals surface area contributed by atoms with Gasteiger partial charge < -0.3 is 14.6 Å². The van der Waals surface area contributed by atoms with Crippen LogP contribution in [0.3, 0.4) is 0 Å². The maximum absolute atomic E-state index is 15.4. The second-order valence-corrected chi connectivity index (χ2v) is 11.6. The van der Waals surface area contributed by atoms with Crippen LogP contribution in [0.15, 0.2) is 67.8 Å². The number of halogens is 1. The second-order valence-electron chi connectivity index (χ2n) is 11.6. The molecule has 2 saturated carbocycles. The highest BCUT2D eigenvalue weighted by Crippen LogP contribution is 2.52. The van der Waals surface area contributed by atoms with Crippen LogP contribution in [0.1, 0.15) is 42.9 Å². The van der Waals surface area contributed by atoms with Gasteiger partial charge in [0, 0.05) is 36.7 Å². The molecular formula is C33H31FN6O2. The lowest BCUT2D eigenvalue weighted by atomic mass is 9.70. The number of imidazole rings is 1. The first-order chi connectivity index (χ1) is 20.4. The third-order valence-electron chi connectivity index (χ3n) is 8.99. The van der Waals surface area contributed by atoms with E-state index in [1.807, 2.05) is 48.9 Å². The predicted molar refractivity (Wildman–Crippen MR) is 159 cm³/mol. The van der Waals surface area contributed by atoms with E-state index in [0.29, 0.717) is 40.2 Å². The summed E-state index contributed by atoms with van der Waals surface area (Å²) in [7, 11) is 1.93. The summed E-state index contributed by atoms with van der Waals surface area (Å²) in [6, 6.07) is 12.7. The number of ketones is 1. The molecular weight excluding hydrogens is 531 g/mol. The van der Waals surface area contributed by atoms with Crippen molar-refractivity contribution in [1.82, 2.24) is 24.5 Å². The minimum atomic E-state index is -0.473. The number of rotatable bonds is 7. The predicted octanol–water partition coefficient (Wildman–Crippen LogP) is 7.17. The number of carbonyl (C=O) groups is 1. The Morgan fingerprint density at radius 3 is 2.67 bits per heavy atom. The van der Waals surface area contributed by atoms with Crippen LogP contribution < -0.4 is 10.1 Å². The first kappa shape index (κ1) is 26.3. The number of ether oxygens (including phenoxy) is 1. The van der Waals surface area contributed by atoms with Crippen LogP contribution >= 0.6 is 0 Å². The van der Waals surface area contributed by atoms with Gasteiger partial charge in [-0.05, 0) is 86.4 Å². The summed E-state index contributed by atoms with van der Waals surface area (Å²) in [5.74, 6) is 2.23. The molecule has 8 nitrogen and oxygen atoms in total. The van der Waals surface area contributed by atoms with E-state index in [1.165, 1.54) is 18.5 Å². The van der Waals surface area contributed by atoms with Crippen molar-refractivity contribution < 1.29 is 13.9 Å². The first-order valence-electron chi connectivity index (χ1n) is 14.3. The maximum atomic E-state index is 15.4. The molecule has 0 spiro atoms. The van der Waals surface area contributed by atoms with Gasteiger partial charge in [-0.1, -0.05) is 6.58 Å². The van der Waals surface area contributed by atoms with Gasteiger partial charge in [0.05, 0.1) is 28.6 Å². The summed E-state index contributed by atoms with van der Waals surface area (Å²) in [6.45, 7) is 5.58. The topological polar surface area (TPSA) is 94.8 Å². The van der Waals surface area contributed by atoms with Crippen molar-refractivity contribution in [3.8, 4) is 11.5 Å². The summed E-state index contributed by atoms with van der Waals surface area (Å²) < 4.78 is 23.4. The fourth-order valence-electron chi connectivity index (χ4n) is 6.95. The lowest BCUT2D eigenvalue weighted by Crippen LogP contribution is -2.30. The van der Waals surface area contributed by atoms with Gasteiger partial charge in [-0.25, -0.2) is 24.3 Å². The summed E-state index contributed by atoms with van der Waals surface area (Å²) >= 11 is 0. The number of allylic oxidation sites excluding steroid dienone is 1. The van der Waals surface area contributed by atoms with E-state index in [2.05, 4.69) is 26.8 Å². The Hall–Kier alpha value is -4.66. The summed E-state index contributed by atoms with van der Waals surface area (Å²) in [6.07, 6.45) is 8.69. The standard InChI is InChI=1S/C33H31FN6O2/c1-4-29(41)31-19-5-6-20(31)13-21(12-19)24-8-9-25-32(38-24)33(36-16-35-25)39-26-11-18(2)30(15-23(26)34)42-22-7-10-28-27(14-22)37-17-40(28)3/h4,7-11,14-17,19-21,31H,1,5-6,12-13H2,2-3H3,(H,35,36,39)/t19-,20+,21?,31?. The van der Waals surface area contributed by atoms with Crippen molar-refractivity contribution in [3.05, 3.63) is 84.8 Å². The number of benzene rings is 2. The normalized spacial score (nSPS) is 21.5. The average molecular weight is 563 g/mol. The van der Waals surface area contributed by atoms with Crippen molar-refractivity contribution in [2.75, 3.05) is 5.32 Å². The van der Waals surface area contributed by atoms with Gasteiger partial charge in [0.25, 0.3) is 0 Å². The van der Waals surface area contributed by atoms with Crippen LogP contribution in [0, 0.1) is 30.5 Å². The van der Waals surface area contributed by atoms with Crippen LogP contribution in [-0.4, -0.2) is 30.3 Å². The molecule has 4 atom stereocenters. The summed E-state index contributed by atoms with van der Waals surface area (Å²) in [5.41, 5.74) is 5.06. The molecule has 2 aromatic carbocycles. The third-order valence-corrected chi connectivity index (χ3v) is 8.99. The van der Waals surface area contributed by atoms with Crippen LogP contribution in [0.4, 0.5) is 15.9 Å². The van der Waals surface area contributed by atoms with E-state index < -0.39 is 5.82 Å². The molecule has 5 aromatic rings. The van der Waals surface area contributed by atoms with E-state index in [-0.39, 0.29) is 23.3 Å². The zero-order valence-corrected chi connectivity index (χ0v) is 23.5. The molecule has 2 aliphatic rings. The molecule has 2 unspecified atom stereocenters. The van der Waals surface area contributed by atoms with Gasteiger partial charge in [0.2, 0.25) is 0 Å². The number of anilines is 2. The minimum absolute atomic E-state index is 0.0934. The summed E-state index contributed by atoms with van der Waals surface area (Å²) in [5, 5.41) is 3.15. The molecule has 0 aliphatic heterocycles. The fraction of sp³-hybridized carbons (Fsp3) is 0.303. The quantitative estimate of drug-likeness (QED) is 0.210. The first-order valence-corrected chi connectivity index (χ1v) is 14.3. The molecule has 212 valence electrons. The highest BCUT2D eigenvalue weighted by molar-refractivity contribution is 5.92. The highest BCUT2D eigenvalue weighted by Gasteiger charge is 2.45. The smallest absolute Gasteiger partial charge is 0.160 e. The molecule has 0 amide bonds. The van der Waals surface area contributed by atoms with Gasteiger partial charge in [-0.3, -0.25) is 4.79 Å². The molecule has 1 N–H and O–H groups in total. The van der Waals surface area contributed by atoms with Gasteiger partial charge in [0.1, 0.15) is 29.2 Å². The molecule has 2 bridgehead atoms. The molecule has 9 heteroatoms. The average Bonchev–Trinajstić information content (AvgIpc) is 3.49. The van der Waals surface area contributed by atoms with Gasteiger partial charge in [-0.15, -0.1) is 0 Å². The largest absolute Gasteiger partial charge is 0.457 e. The van der Waals surface area contributed by atoms with Gasteiger partial charge in [0.15, 0.2) is 11.6 Å². The SMILES string of the molecule is C=CC(=O)C1[C@@H]2CC[C@H]1CC(c1ccc3ncnc(Nc4cc(C)c(Oc5ccc6c(c5)ncn6C)cc4F)c3n1)C2. The molecule has 2 aliphatic carbocycles. The third kappa shape index (κ3) is 4.58.